The predicted molar refractivity (Wildman–Crippen MR) is 110 cm³/mol. The lowest BCUT2D eigenvalue weighted by Gasteiger charge is -2.37. The molecule has 2 aliphatic heterocycles. The average Bonchev–Trinajstić information content (AvgIpc) is 2.74. The highest BCUT2D eigenvalue weighted by atomic mass is 32.2. The summed E-state index contributed by atoms with van der Waals surface area (Å²) in [5.74, 6) is 2.66. The summed E-state index contributed by atoms with van der Waals surface area (Å²) in [6.45, 7) is 8.14. The lowest BCUT2D eigenvalue weighted by Crippen LogP contribution is -2.47. The lowest BCUT2D eigenvalue weighted by molar-refractivity contribution is 0.171. The normalized spacial score (nSPS) is 16.6. The third-order valence-corrected chi connectivity index (χ3v) is 6.00. The molecule has 2 aromatic rings. The highest BCUT2D eigenvalue weighted by molar-refractivity contribution is 7.99. The van der Waals surface area contributed by atoms with Crippen molar-refractivity contribution in [1.29, 1.82) is 5.26 Å². The molecule has 1 aromatic heterocycles. The van der Waals surface area contributed by atoms with Crippen LogP contribution in [0.1, 0.15) is 11.3 Å². The van der Waals surface area contributed by atoms with Gasteiger partial charge in [-0.2, -0.15) is 5.26 Å². The number of thioether (sulfide) groups is 1. The van der Waals surface area contributed by atoms with Gasteiger partial charge in [0.2, 0.25) is 0 Å². The number of piperazine rings is 1. The largest absolute Gasteiger partial charge is 0.486 e. The van der Waals surface area contributed by atoms with E-state index in [-0.39, 0.29) is 0 Å². The van der Waals surface area contributed by atoms with Gasteiger partial charge in [0, 0.05) is 44.2 Å². The number of anilines is 1. The summed E-state index contributed by atoms with van der Waals surface area (Å²) >= 11 is 1.67. The number of nitriles is 1. The first-order valence-corrected chi connectivity index (χ1v) is 10.6. The van der Waals surface area contributed by atoms with Crippen LogP contribution >= 0.6 is 11.8 Å². The first kappa shape index (κ1) is 18.9. The van der Waals surface area contributed by atoms with Crippen molar-refractivity contribution < 1.29 is 9.47 Å². The zero-order valence-electron chi connectivity index (χ0n) is 16.1. The predicted octanol–water partition coefficient (Wildman–Crippen LogP) is 2.95. The van der Waals surface area contributed by atoms with Crippen LogP contribution in [-0.4, -0.2) is 61.6 Å². The summed E-state index contributed by atoms with van der Waals surface area (Å²) in [4.78, 5) is 9.36. The summed E-state index contributed by atoms with van der Waals surface area (Å²) in [5, 5.41) is 10.1. The topological polar surface area (TPSA) is 61.6 Å². The smallest absolute Gasteiger partial charge is 0.184 e. The molecule has 0 atom stereocenters. The van der Waals surface area contributed by atoms with E-state index < -0.39 is 0 Å². The number of ether oxygens (including phenoxy) is 2. The van der Waals surface area contributed by atoms with Crippen LogP contribution in [0.25, 0.3) is 0 Å². The average molecular weight is 397 g/mol. The Kier molecular flexibility index (Phi) is 5.89. The number of nitrogens with zero attached hydrogens (tertiary/aromatic N) is 4. The van der Waals surface area contributed by atoms with E-state index in [0.717, 1.165) is 66.4 Å². The minimum atomic E-state index is 0.610. The molecule has 0 saturated carbocycles. The molecule has 146 valence electrons. The highest BCUT2D eigenvalue weighted by Gasteiger charge is 2.23. The zero-order valence-corrected chi connectivity index (χ0v) is 16.9. The number of fused-ring (bicyclic) bond motifs is 1. The second-order valence-corrected chi connectivity index (χ2v) is 7.98. The van der Waals surface area contributed by atoms with E-state index >= 15 is 0 Å². The molecule has 2 aliphatic rings. The van der Waals surface area contributed by atoms with E-state index in [1.165, 1.54) is 0 Å². The maximum Gasteiger partial charge on any atom is 0.184 e. The van der Waals surface area contributed by atoms with Gasteiger partial charge in [0.1, 0.15) is 24.3 Å². The number of hydrogen-bond acceptors (Lipinski definition) is 7. The number of para-hydroxylation sites is 1. The number of pyridine rings is 1. The molecule has 0 amide bonds. The van der Waals surface area contributed by atoms with Crippen molar-refractivity contribution in [2.45, 2.75) is 11.9 Å². The maximum atomic E-state index is 9.24. The van der Waals surface area contributed by atoms with Gasteiger partial charge < -0.3 is 14.4 Å². The van der Waals surface area contributed by atoms with E-state index in [0.29, 0.717) is 18.8 Å². The lowest BCUT2D eigenvalue weighted by atomic mass is 10.2. The highest BCUT2D eigenvalue weighted by Crippen LogP contribution is 2.39. The van der Waals surface area contributed by atoms with E-state index in [1.54, 1.807) is 11.8 Å². The Morgan fingerprint density at radius 3 is 2.75 bits per heavy atom. The molecule has 7 heteroatoms. The van der Waals surface area contributed by atoms with Gasteiger partial charge in [-0.05, 0) is 31.2 Å². The Morgan fingerprint density at radius 2 is 1.93 bits per heavy atom. The van der Waals surface area contributed by atoms with Crippen LogP contribution < -0.4 is 14.4 Å². The molecular formula is C21H24N4O2S. The molecule has 3 heterocycles. The molecule has 0 spiro atoms. The van der Waals surface area contributed by atoms with Crippen molar-refractivity contribution in [3.05, 3.63) is 41.6 Å². The number of rotatable bonds is 5. The molecule has 1 saturated heterocycles. The SMILES string of the molecule is Cc1ccc(C#N)c(SCCN2CCN(c3cccc4c3OCCO4)CC2)n1. The summed E-state index contributed by atoms with van der Waals surface area (Å²) in [5.41, 5.74) is 2.75. The fourth-order valence-corrected chi connectivity index (χ4v) is 4.54. The summed E-state index contributed by atoms with van der Waals surface area (Å²) in [6.07, 6.45) is 0. The minimum Gasteiger partial charge on any atom is -0.486 e. The van der Waals surface area contributed by atoms with Crippen molar-refractivity contribution in [3.8, 4) is 17.6 Å². The number of benzene rings is 1. The van der Waals surface area contributed by atoms with Gasteiger partial charge in [-0.25, -0.2) is 4.98 Å². The zero-order chi connectivity index (χ0) is 19.3. The number of hydrogen-bond donors (Lipinski definition) is 0. The first-order chi connectivity index (χ1) is 13.7. The molecule has 0 unspecified atom stereocenters. The van der Waals surface area contributed by atoms with Crippen LogP contribution in [-0.2, 0) is 0 Å². The van der Waals surface area contributed by atoms with Crippen LogP contribution in [0.5, 0.6) is 11.5 Å². The van der Waals surface area contributed by atoms with Crippen molar-refractivity contribution in [2.24, 2.45) is 0 Å². The molecule has 0 bridgehead atoms. The van der Waals surface area contributed by atoms with Crippen LogP contribution in [0.2, 0.25) is 0 Å². The fourth-order valence-electron chi connectivity index (χ4n) is 3.52. The van der Waals surface area contributed by atoms with Crippen LogP contribution in [0.3, 0.4) is 0 Å². The van der Waals surface area contributed by atoms with Gasteiger partial charge in [-0.1, -0.05) is 6.07 Å². The molecule has 4 rings (SSSR count). The Labute approximate surface area is 170 Å². The van der Waals surface area contributed by atoms with E-state index in [9.17, 15) is 5.26 Å². The number of aromatic nitrogens is 1. The van der Waals surface area contributed by atoms with Crippen molar-refractivity contribution >= 4 is 17.4 Å². The van der Waals surface area contributed by atoms with Gasteiger partial charge in [0.25, 0.3) is 0 Å². The second kappa shape index (κ2) is 8.72. The molecule has 28 heavy (non-hydrogen) atoms. The summed E-state index contributed by atoms with van der Waals surface area (Å²) in [6, 6.07) is 12.1. The van der Waals surface area contributed by atoms with E-state index in [1.807, 2.05) is 31.2 Å². The van der Waals surface area contributed by atoms with Crippen molar-refractivity contribution in [2.75, 3.05) is 56.6 Å². The van der Waals surface area contributed by atoms with Crippen LogP contribution in [0.15, 0.2) is 35.4 Å². The molecule has 0 N–H and O–H groups in total. The van der Waals surface area contributed by atoms with Gasteiger partial charge in [-0.15, -0.1) is 11.8 Å². The minimum absolute atomic E-state index is 0.610. The van der Waals surface area contributed by atoms with Crippen molar-refractivity contribution in [3.63, 3.8) is 0 Å². The van der Waals surface area contributed by atoms with Gasteiger partial charge in [0.05, 0.1) is 11.3 Å². The van der Waals surface area contributed by atoms with E-state index in [4.69, 9.17) is 9.47 Å². The first-order valence-electron chi connectivity index (χ1n) is 9.61. The van der Waals surface area contributed by atoms with Crippen LogP contribution in [0, 0.1) is 18.3 Å². The Hall–Kier alpha value is -2.43. The Balaban J connectivity index is 1.30. The van der Waals surface area contributed by atoms with Crippen LogP contribution in [0.4, 0.5) is 5.69 Å². The quantitative estimate of drug-likeness (QED) is 0.720. The molecule has 1 fully saturated rings. The second-order valence-electron chi connectivity index (χ2n) is 6.90. The number of aryl methyl sites for hydroxylation is 1. The van der Waals surface area contributed by atoms with E-state index in [2.05, 4.69) is 26.9 Å². The summed E-state index contributed by atoms with van der Waals surface area (Å²) < 4.78 is 11.6. The van der Waals surface area contributed by atoms with Gasteiger partial charge >= 0.3 is 0 Å². The Bertz CT molecular complexity index is 875. The molecule has 0 aliphatic carbocycles. The molecule has 6 nitrogen and oxygen atoms in total. The van der Waals surface area contributed by atoms with Gasteiger partial charge in [-0.3, -0.25) is 4.90 Å². The van der Waals surface area contributed by atoms with Gasteiger partial charge in [0.15, 0.2) is 11.5 Å². The third-order valence-electron chi connectivity index (χ3n) is 5.02. The molecule has 0 radical (unpaired) electrons. The van der Waals surface area contributed by atoms with Crippen molar-refractivity contribution in [1.82, 2.24) is 9.88 Å². The molecular weight excluding hydrogens is 372 g/mol. The monoisotopic (exact) mass is 396 g/mol. The maximum absolute atomic E-state index is 9.24. The third kappa shape index (κ3) is 4.18. The fraction of sp³-hybridized carbons (Fsp3) is 0.429. The summed E-state index contributed by atoms with van der Waals surface area (Å²) in [7, 11) is 0. The Morgan fingerprint density at radius 1 is 1.11 bits per heavy atom. The molecule has 1 aromatic carbocycles. The standard InChI is InChI=1S/C21H24N4O2S/c1-16-5-6-17(15-22)21(23-16)28-14-11-24-7-9-25(10-8-24)18-3-2-4-19-20(18)27-13-12-26-19/h2-6H,7-14H2,1H3.